The Bertz CT molecular complexity index is 324. The average Bonchev–Trinajstić information content (AvgIpc) is 2.20. The first-order valence-corrected chi connectivity index (χ1v) is 4.86. The molecule has 0 aromatic heterocycles. The number of amides is 1. The van der Waals surface area contributed by atoms with Crippen LogP contribution < -0.4 is 0 Å². The van der Waals surface area contributed by atoms with Gasteiger partial charge in [-0.3, -0.25) is 9.59 Å². The number of carbonyl (C=O) groups is 2. The number of hydrogen-bond donors (Lipinski definition) is 0. The van der Waals surface area contributed by atoms with Crippen LogP contribution in [0.3, 0.4) is 0 Å². The summed E-state index contributed by atoms with van der Waals surface area (Å²) >= 11 is 0. The Morgan fingerprint density at radius 1 is 1.11 bits per heavy atom. The van der Waals surface area contributed by atoms with Crippen LogP contribution in [0.4, 0.5) is 26.3 Å². The molecule has 0 aliphatic carbocycles. The van der Waals surface area contributed by atoms with Gasteiger partial charge >= 0.3 is 18.3 Å². The number of esters is 1. The van der Waals surface area contributed by atoms with Crippen molar-refractivity contribution in [3.63, 3.8) is 0 Å². The van der Waals surface area contributed by atoms with E-state index in [4.69, 9.17) is 0 Å². The molecule has 0 heterocycles. The number of rotatable bonds is 4. The normalized spacial score (nSPS) is 12.5. The van der Waals surface area contributed by atoms with E-state index in [1.165, 1.54) is 0 Å². The van der Waals surface area contributed by atoms with Crippen LogP contribution >= 0.6 is 0 Å². The summed E-state index contributed by atoms with van der Waals surface area (Å²) in [6.45, 7) is -0.603. The highest BCUT2D eigenvalue weighted by Gasteiger charge is 2.61. The monoisotopic (exact) mass is 295 g/mol. The van der Waals surface area contributed by atoms with Crippen molar-refractivity contribution in [2.24, 2.45) is 5.92 Å². The Hall–Kier alpha value is -1.48. The number of carbonyl (C=O) groups excluding carboxylic acids is 2. The van der Waals surface area contributed by atoms with E-state index in [2.05, 4.69) is 4.74 Å². The first-order chi connectivity index (χ1) is 8.41. The van der Waals surface area contributed by atoms with E-state index in [1.54, 1.807) is 0 Å². The molecule has 0 saturated heterocycles. The predicted octanol–water partition coefficient (Wildman–Crippen LogP) is 1.75. The summed E-state index contributed by atoms with van der Waals surface area (Å²) in [5.74, 6) is -7.11. The van der Waals surface area contributed by atoms with Gasteiger partial charge in [-0.15, -0.1) is 0 Å². The van der Waals surface area contributed by atoms with Crippen molar-refractivity contribution in [3.8, 4) is 0 Å². The average molecular weight is 295 g/mol. The number of methoxy groups -OCH3 is 1. The Labute approximate surface area is 104 Å². The van der Waals surface area contributed by atoms with E-state index in [-0.39, 0.29) is 4.90 Å². The zero-order chi connectivity index (χ0) is 15.4. The lowest BCUT2D eigenvalue weighted by atomic mass is 10.1. The summed E-state index contributed by atoms with van der Waals surface area (Å²) in [5, 5.41) is 0. The zero-order valence-corrected chi connectivity index (χ0v) is 9.93. The maximum Gasteiger partial charge on any atom is 0.409 e. The highest BCUT2D eigenvalue weighted by Crippen LogP contribution is 2.40. The molecule has 0 atom stereocenters. The van der Waals surface area contributed by atoms with E-state index in [0.29, 0.717) is 0 Å². The molecule has 0 aromatic carbocycles. The van der Waals surface area contributed by atoms with Gasteiger partial charge in [-0.05, 0) is 0 Å². The molecule has 112 valence electrons. The third-order valence-corrected chi connectivity index (χ3v) is 2.16. The molecule has 1 amide bonds. The van der Waals surface area contributed by atoms with Gasteiger partial charge in [-0.25, -0.2) is 0 Å². The molecule has 0 spiro atoms. The van der Waals surface area contributed by atoms with Crippen molar-refractivity contribution in [1.82, 2.24) is 4.90 Å². The molecule has 0 radical (unpaired) electrons. The summed E-state index contributed by atoms with van der Waals surface area (Å²) in [7, 11) is 1.74. The molecular formula is C9H11F6NO3. The van der Waals surface area contributed by atoms with Crippen LogP contribution in [0.5, 0.6) is 0 Å². The van der Waals surface area contributed by atoms with Crippen molar-refractivity contribution in [1.29, 1.82) is 0 Å². The first kappa shape index (κ1) is 17.5. The second kappa shape index (κ2) is 6.11. The summed E-state index contributed by atoms with van der Waals surface area (Å²) in [6, 6.07) is 0. The van der Waals surface area contributed by atoms with Crippen molar-refractivity contribution in [2.45, 2.75) is 18.8 Å². The molecule has 19 heavy (non-hydrogen) atoms. The molecule has 10 heteroatoms. The molecule has 0 bridgehead atoms. The number of halogens is 6. The molecular weight excluding hydrogens is 284 g/mol. The van der Waals surface area contributed by atoms with Crippen molar-refractivity contribution in [2.75, 3.05) is 20.7 Å². The second-order valence-electron chi connectivity index (χ2n) is 3.60. The lowest BCUT2D eigenvalue weighted by molar-refractivity contribution is -0.277. The van der Waals surface area contributed by atoms with Gasteiger partial charge in [0.25, 0.3) is 0 Å². The lowest BCUT2D eigenvalue weighted by Crippen LogP contribution is -2.48. The number of nitrogens with zero attached hydrogens (tertiary/aromatic N) is 1. The second-order valence-corrected chi connectivity index (χ2v) is 3.60. The third-order valence-electron chi connectivity index (χ3n) is 2.16. The minimum absolute atomic E-state index is 0.197. The van der Waals surface area contributed by atoms with Gasteiger partial charge < -0.3 is 9.64 Å². The molecule has 0 aliphatic heterocycles. The van der Waals surface area contributed by atoms with Crippen LogP contribution in [0.15, 0.2) is 0 Å². The summed E-state index contributed by atoms with van der Waals surface area (Å²) < 4.78 is 77.6. The van der Waals surface area contributed by atoms with Crippen molar-refractivity contribution < 1.29 is 40.7 Å². The van der Waals surface area contributed by atoms with Crippen LogP contribution in [-0.2, 0) is 14.3 Å². The quantitative estimate of drug-likeness (QED) is 0.586. The standard InChI is InChI=1S/C9H11F6NO3/c1-16(4-3-5(17)19-2)7(18)6(8(10,11)12)9(13,14)15/h6H,3-4H2,1-2H3. The van der Waals surface area contributed by atoms with E-state index in [9.17, 15) is 35.9 Å². The molecule has 0 aliphatic rings. The van der Waals surface area contributed by atoms with E-state index in [1.807, 2.05) is 0 Å². The predicted molar refractivity (Wildman–Crippen MR) is 49.9 cm³/mol. The number of ether oxygens (including phenoxy) is 1. The fourth-order valence-electron chi connectivity index (χ4n) is 1.16. The Morgan fingerprint density at radius 2 is 1.53 bits per heavy atom. The van der Waals surface area contributed by atoms with Crippen molar-refractivity contribution >= 4 is 11.9 Å². The molecule has 4 nitrogen and oxygen atoms in total. The summed E-state index contributed by atoms with van der Waals surface area (Å²) in [5.41, 5.74) is 0. The molecule has 0 saturated carbocycles. The van der Waals surface area contributed by atoms with Gasteiger partial charge in [-0.2, -0.15) is 26.3 Å². The Morgan fingerprint density at radius 3 is 1.84 bits per heavy atom. The van der Waals surface area contributed by atoms with Gasteiger partial charge in [0.1, 0.15) is 0 Å². The highest BCUT2D eigenvalue weighted by molar-refractivity contribution is 5.80. The van der Waals surface area contributed by atoms with E-state index >= 15 is 0 Å². The van der Waals surface area contributed by atoms with Crippen LogP contribution in [0.1, 0.15) is 6.42 Å². The summed E-state index contributed by atoms with van der Waals surface area (Å²) in [6.07, 6.45) is -12.0. The van der Waals surface area contributed by atoms with E-state index in [0.717, 1.165) is 14.2 Å². The van der Waals surface area contributed by atoms with Crippen LogP contribution in [0, 0.1) is 5.92 Å². The molecule has 0 unspecified atom stereocenters. The molecule has 0 N–H and O–H groups in total. The SMILES string of the molecule is COC(=O)CCN(C)C(=O)C(C(F)(F)F)C(F)(F)F. The smallest absolute Gasteiger partial charge is 0.409 e. The minimum Gasteiger partial charge on any atom is -0.469 e. The van der Waals surface area contributed by atoms with Crippen LogP contribution in [0.2, 0.25) is 0 Å². The highest BCUT2D eigenvalue weighted by atomic mass is 19.4. The van der Waals surface area contributed by atoms with Crippen LogP contribution in [-0.4, -0.2) is 49.8 Å². The van der Waals surface area contributed by atoms with Gasteiger partial charge in [0.15, 0.2) is 0 Å². The largest absolute Gasteiger partial charge is 0.469 e. The van der Waals surface area contributed by atoms with Crippen molar-refractivity contribution in [3.05, 3.63) is 0 Å². The zero-order valence-electron chi connectivity index (χ0n) is 9.93. The van der Waals surface area contributed by atoms with Gasteiger partial charge in [0.05, 0.1) is 13.5 Å². The van der Waals surface area contributed by atoms with Crippen LogP contribution in [0.25, 0.3) is 0 Å². The van der Waals surface area contributed by atoms with Gasteiger partial charge in [0, 0.05) is 13.6 Å². The molecule has 0 fully saturated rings. The number of alkyl halides is 6. The Balaban J connectivity index is 4.88. The maximum atomic E-state index is 12.2. The minimum atomic E-state index is -5.74. The van der Waals surface area contributed by atoms with E-state index < -0.39 is 43.1 Å². The fourth-order valence-corrected chi connectivity index (χ4v) is 1.16. The van der Waals surface area contributed by atoms with Gasteiger partial charge in [-0.1, -0.05) is 0 Å². The molecule has 0 rings (SSSR count). The summed E-state index contributed by atoms with van der Waals surface area (Å²) in [4.78, 5) is 22.1. The third kappa shape index (κ3) is 5.35. The lowest BCUT2D eigenvalue weighted by Gasteiger charge is -2.26. The number of hydrogen-bond acceptors (Lipinski definition) is 3. The first-order valence-electron chi connectivity index (χ1n) is 4.86. The maximum absolute atomic E-state index is 12.2. The fraction of sp³-hybridized carbons (Fsp3) is 0.778. The molecule has 0 aromatic rings. The van der Waals surface area contributed by atoms with Gasteiger partial charge in [0.2, 0.25) is 11.8 Å². The topological polar surface area (TPSA) is 46.6 Å². The Kier molecular flexibility index (Phi) is 5.63.